The third-order valence-corrected chi connectivity index (χ3v) is 4.96. The molecule has 0 unspecified atom stereocenters. The van der Waals surface area contributed by atoms with Crippen LogP contribution >= 0.6 is 15.9 Å². The van der Waals surface area contributed by atoms with Crippen molar-refractivity contribution in [3.8, 4) is 0 Å². The number of hydrogen-bond donors (Lipinski definition) is 0. The summed E-state index contributed by atoms with van der Waals surface area (Å²) in [5.74, 6) is 0. The highest BCUT2D eigenvalue weighted by atomic mass is 79.9. The van der Waals surface area contributed by atoms with E-state index in [1.165, 1.54) is 6.07 Å². The first kappa shape index (κ1) is 15.4. The van der Waals surface area contributed by atoms with Crippen LogP contribution in [0, 0.1) is 10.1 Å². The van der Waals surface area contributed by atoms with Crippen molar-refractivity contribution < 1.29 is 4.92 Å². The van der Waals surface area contributed by atoms with Gasteiger partial charge in [0.2, 0.25) is 0 Å². The number of nitrogens with zero attached hydrogens (tertiary/aromatic N) is 3. The summed E-state index contributed by atoms with van der Waals surface area (Å²) >= 11 is 3.37. The fraction of sp³-hybridized carbons (Fsp3) is 0.571. The van der Waals surface area contributed by atoms with Crippen molar-refractivity contribution in [1.29, 1.82) is 0 Å². The molecular formula is C14H20BrN3O2. The van der Waals surface area contributed by atoms with E-state index in [1.807, 2.05) is 6.07 Å². The largest absolute Gasteiger partial charge is 0.299 e. The number of nitro groups is 1. The van der Waals surface area contributed by atoms with Gasteiger partial charge in [-0.2, -0.15) is 0 Å². The molecule has 20 heavy (non-hydrogen) atoms. The van der Waals surface area contributed by atoms with Gasteiger partial charge in [-0.25, -0.2) is 0 Å². The molecule has 6 heteroatoms. The van der Waals surface area contributed by atoms with E-state index in [0.717, 1.165) is 31.7 Å². The zero-order chi connectivity index (χ0) is 14.9. The first-order chi connectivity index (χ1) is 9.31. The van der Waals surface area contributed by atoms with Gasteiger partial charge in [0.1, 0.15) is 0 Å². The molecule has 1 saturated heterocycles. The van der Waals surface area contributed by atoms with Crippen molar-refractivity contribution in [3.63, 3.8) is 0 Å². The number of likely N-dealkylation sites (N-methyl/N-ethyl adjacent to an activating group) is 1. The van der Waals surface area contributed by atoms with E-state index >= 15 is 0 Å². The van der Waals surface area contributed by atoms with Crippen LogP contribution in [0.15, 0.2) is 22.7 Å². The number of nitro benzene ring substituents is 1. The third-order valence-electron chi connectivity index (χ3n) is 4.04. The summed E-state index contributed by atoms with van der Waals surface area (Å²) in [6.45, 7) is 8.13. The molecule has 0 aromatic heterocycles. The zero-order valence-electron chi connectivity index (χ0n) is 12.1. The van der Waals surface area contributed by atoms with E-state index in [9.17, 15) is 10.1 Å². The molecule has 0 bridgehead atoms. The molecule has 0 spiro atoms. The molecule has 0 N–H and O–H groups in total. The number of hydrogen-bond acceptors (Lipinski definition) is 4. The van der Waals surface area contributed by atoms with E-state index in [0.29, 0.717) is 4.47 Å². The van der Waals surface area contributed by atoms with Crippen LogP contribution < -0.4 is 0 Å². The summed E-state index contributed by atoms with van der Waals surface area (Å²) in [4.78, 5) is 15.3. The maximum atomic E-state index is 11.0. The Balaban J connectivity index is 2.15. The van der Waals surface area contributed by atoms with Crippen LogP contribution in [0.4, 0.5) is 5.69 Å². The molecule has 1 heterocycles. The van der Waals surface area contributed by atoms with Crippen molar-refractivity contribution in [2.24, 2.45) is 0 Å². The fourth-order valence-corrected chi connectivity index (χ4v) is 3.08. The molecule has 5 nitrogen and oxygen atoms in total. The summed E-state index contributed by atoms with van der Waals surface area (Å²) in [6, 6.07) is 5.23. The average Bonchev–Trinajstić information content (AvgIpc) is 2.35. The highest BCUT2D eigenvalue weighted by Gasteiger charge is 2.31. The Morgan fingerprint density at radius 1 is 1.40 bits per heavy atom. The fourth-order valence-electron chi connectivity index (χ4n) is 2.55. The molecule has 1 aromatic carbocycles. The van der Waals surface area contributed by atoms with Gasteiger partial charge in [-0.05, 0) is 42.4 Å². The van der Waals surface area contributed by atoms with Crippen LogP contribution in [-0.4, -0.2) is 46.9 Å². The molecule has 0 atom stereocenters. The van der Waals surface area contributed by atoms with Crippen LogP contribution in [0.2, 0.25) is 0 Å². The Morgan fingerprint density at radius 3 is 2.70 bits per heavy atom. The molecule has 1 aliphatic rings. The van der Waals surface area contributed by atoms with Gasteiger partial charge in [-0.15, -0.1) is 0 Å². The minimum Gasteiger partial charge on any atom is -0.299 e. The minimum atomic E-state index is -0.346. The molecule has 2 rings (SSSR count). The highest BCUT2D eigenvalue weighted by molar-refractivity contribution is 9.10. The molecule has 1 aliphatic heterocycles. The summed E-state index contributed by atoms with van der Waals surface area (Å²) in [6.07, 6.45) is 0. The van der Waals surface area contributed by atoms with Crippen LogP contribution in [-0.2, 0) is 6.54 Å². The number of benzene rings is 1. The number of rotatable bonds is 3. The zero-order valence-corrected chi connectivity index (χ0v) is 13.7. The summed E-state index contributed by atoms with van der Waals surface area (Å²) in [5.41, 5.74) is 1.24. The van der Waals surface area contributed by atoms with Crippen molar-refractivity contribution >= 4 is 21.6 Å². The van der Waals surface area contributed by atoms with Gasteiger partial charge in [0.05, 0.1) is 9.40 Å². The van der Waals surface area contributed by atoms with Gasteiger partial charge in [0, 0.05) is 37.8 Å². The van der Waals surface area contributed by atoms with Gasteiger partial charge in [0.25, 0.3) is 5.69 Å². The van der Waals surface area contributed by atoms with Gasteiger partial charge in [0.15, 0.2) is 0 Å². The number of piperazine rings is 1. The predicted molar refractivity (Wildman–Crippen MR) is 82.8 cm³/mol. The Morgan fingerprint density at radius 2 is 2.10 bits per heavy atom. The molecule has 110 valence electrons. The minimum absolute atomic E-state index is 0.130. The first-order valence-corrected chi connectivity index (χ1v) is 7.46. The third kappa shape index (κ3) is 3.19. The Hall–Kier alpha value is -0.980. The predicted octanol–water partition coefficient (Wildman–Crippen LogP) is 2.88. The second-order valence-corrected chi connectivity index (χ2v) is 6.74. The lowest BCUT2D eigenvalue weighted by atomic mass is 9.99. The molecule has 0 amide bonds. The van der Waals surface area contributed by atoms with E-state index in [-0.39, 0.29) is 16.1 Å². The van der Waals surface area contributed by atoms with Crippen LogP contribution in [0.25, 0.3) is 0 Å². The maximum Gasteiger partial charge on any atom is 0.283 e. The van der Waals surface area contributed by atoms with Crippen LogP contribution in [0.3, 0.4) is 0 Å². The van der Waals surface area contributed by atoms with Gasteiger partial charge < -0.3 is 0 Å². The lowest BCUT2D eigenvalue weighted by Gasteiger charge is -2.45. The number of halogens is 1. The van der Waals surface area contributed by atoms with Gasteiger partial charge in [-0.3, -0.25) is 19.9 Å². The molecule has 0 saturated carbocycles. The van der Waals surface area contributed by atoms with Gasteiger partial charge >= 0.3 is 0 Å². The Labute approximate surface area is 127 Å². The van der Waals surface area contributed by atoms with Crippen molar-refractivity contribution in [1.82, 2.24) is 9.80 Å². The second kappa shape index (κ2) is 5.79. The normalized spacial score (nSPS) is 20.0. The lowest BCUT2D eigenvalue weighted by molar-refractivity contribution is -0.385. The average molecular weight is 342 g/mol. The maximum absolute atomic E-state index is 11.0. The topological polar surface area (TPSA) is 49.6 Å². The quantitative estimate of drug-likeness (QED) is 0.626. The Kier molecular flexibility index (Phi) is 4.46. The summed E-state index contributed by atoms with van der Waals surface area (Å²) < 4.78 is 0.599. The Bertz CT molecular complexity index is 519. The standard InChI is InChI=1S/C14H20BrN3O2/c1-14(2)10-17(8-7-16(14)3)9-11-5-4-6-12(13(11)15)18(19)20/h4-6H,7-10H2,1-3H3. The lowest BCUT2D eigenvalue weighted by Crippen LogP contribution is -2.57. The summed E-state index contributed by atoms with van der Waals surface area (Å²) in [5, 5.41) is 11.0. The SMILES string of the molecule is CN1CCN(Cc2cccc([N+](=O)[O-])c2Br)CC1(C)C. The van der Waals surface area contributed by atoms with E-state index < -0.39 is 0 Å². The van der Waals surface area contributed by atoms with Gasteiger partial charge in [-0.1, -0.05) is 12.1 Å². The second-order valence-electron chi connectivity index (χ2n) is 5.95. The molecule has 1 aromatic rings. The smallest absolute Gasteiger partial charge is 0.283 e. The molecule has 1 fully saturated rings. The summed E-state index contributed by atoms with van der Waals surface area (Å²) in [7, 11) is 2.14. The molecular weight excluding hydrogens is 322 g/mol. The van der Waals surface area contributed by atoms with Crippen molar-refractivity contribution in [2.45, 2.75) is 25.9 Å². The molecule has 0 radical (unpaired) electrons. The highest BCUT2D eigenvalue weighted by Crippen LogP contribution is 2.30. The van der Waals surface area contributed by atoms with E-state index in [1.54, 1.807) is 6.07 Å². The van der Waals surface area contributed by atoms with Crippen molar-refractivity contribution in [2.75, 3.05) is 26.7 Å². The van der Waals surface area contributed by atoms with E-state index in [2.05, 4.69) is 46.6 Å². The monoisotopic (exact) mass is 341 g/mol. The van der Waals surface area contributed by atoms with Crippen LogP contribution in [0.5, 0.6) is 0 Å². The van der Waals surface area contributed by atoms with Crippen molar-refractivity contribution in [3.05, 3.63) is 38.3 Å². The molecule has 0 aliphatic carbocycles. The van der Waals surface area contributed by atoms with Crippen LogP contribution in [0.1, 0.15) is 19.4 Å². The first-order valence-electron chi connectivity index (χ1n) is 6.66. The van der Waals surface area contributed by atoms with E-state index in [4.69, 9.17) is 0 Å².